The predicted octanol–water partition coefficient (Wildman–Crippen LogP) is 6.39. The van der Waals surface area contributed by atoms with Gasteiger partial charge in [0.1, 0.15) is 17.7 Å². The van der Waals surface area contributed by atoms with E-state index in [0.717, 1.165) is 0 Å². The first kappa shape index (κ1) is 29.0. The molecule has 9 nitrogen and oxygen atoms in total. The smallest absolute Gasteiger partial charge is 0.484 e. The third kappa shape index (κ3) is 5.91. The van der Waals surface area contributed by atoms with Crippen molar-refractivity contribution in [2.45, 2.75) is 64.0 Å². The fraction of sp³-hybridized carbons (Fsp3) is 0.483. The molecule has 0 unspecified atom stereocenters. The fourth-order valence-corrected chi connectivity index (χ4v) is 6.12. The van der Waals surface area contributed by atoms with Crippen LogP contribution in [0.15, 0.2) is 36.7 Å². The lowest BCUT2D eigenvalue weighted by molar-refractivity contribution is -0.286. The molecule has 1 N–H and O–H groups in total. The summed E-state index contributed by atoms with van der Waals surface area (Å²) in [5.41, 5.74) is -0.0539. The van der Waals surface area contributed by atoms with Crippen molar-refractivity contribution < 1.29 is 46.1 Å². The predicted molar refractivity (Wildman–Crippen MR) is 142 cm³/mol. The molecule has 0 radical (unpaired) electrons. The van der Waals surface area contributed by atoms with Crippen molar-refractivity contribution >= 4 is 11.8 Å². The van der Waals surface area contributed by atoms with Gasteiger partial charge in [0.05, 0.1) is 24.0 Å². The normalized spacial score (nSPS) is 21.8. The van der Waals surface area contributed by atoms with Gasteiger partial charge in [0.2, 0.25) is 0 Å². The molecule has 43 heavy (non-hydrogen) atoms. The van der Waals surface area contributed by atoms with Gasteiger partial charge in [-0.25, -0.2) is 4.68 Å². The summed E-state index contributed by atoms with van der Waals surface area (Å²) in [6.45, 7) is 2.71. The molecule has 4 heterocycles. The van der Waals surface area contributed by atoms with Crippen molar-refractivity contribution in [2.75, 3.05) is 18.0 Å². The van der Waals surface area contributed by atoms with Crippen LogP contribution in [0.4, 0.5) is 27.8 Å². The number of rotatable bonds is 7. The summed E-state index contributed by atoms with van der Waals surface area (Å²) in [5.74, 6) is -0.699. The van der Waals surface area contributed by atoms with E-state index in [4.69, 9.17) is 4.74 Å². The number of alkyl halides is 5. The van der Waals surface area contributed by atoms with Crippen molar-refractivity contribution in [3.8, 4) is 22.9 Å². The van der Waals surface area contributed by atoms with Gasteiger partial charge in [-0.2, -0.15) is 18.3 Å². The van der Waals surface area contributed by atoms with Crippen LogP contribution >= 0.6 is 0 Å². The van der Waals surface area contributed by atoms with Crippen LogP contribution in [0.25, 0.3) is 5.69 Å². The Balaban J connectivity index is 1.27. The van der Waals surface area contributed by atoms with E-state index in [1.54, 1.807) is 13.0 Å². The van der Waals surface area contributed by atoms with Gasteiger partial charge in [0, 0.05) is 24.7 Å². The number of nitrogens with zero attached hydrogens (tertiary/aromatic N) is 4. The second kappa shape index (κ2) is 10.9. The first-order valence-corrected chi connectivity index (χ1v) is 14.1. The minimum absolute atomic E-state index is 0.104. The summed E-state index contributed by atoms with van der Waals surface area (Å²) in [6.07, 6.45) is -3.07. The Morgan fingerprint density at radius 1 is 1.14 bits per heavy atom. The zero-order valence-corrected chi connectivity index (χ0v) is 23.1. The summed E-state index contributed by atoms with van der Waals surface area (Å²) in [6, 6.07) is 5.80. The lowest BCUT2D eigenvalue weighted by Gasteiger charge is -2.35. The molecule has 1 atom stereocenters. The molecule has 0 spiro atoms. The maximum atomic E-state index is 14.1. The van der Waals surface area contributed by atoms with Crippen LogP contribution < -0.4 is 19.1 Å². The standard InChI is InChI=1S/C29H29F5N4O5/c1-16(19-8-9-23-24(11-19)43-29(33,34)42-23)41-21-12-20(13-35-14-21)38-26-22(25(36-38)28(30,31)32)3-2-10-37(26)15-17-4-6-18(7-5-17)27(39)40/h8-9,11-14,16-18H,2-7,10,15H2,1H3,(H,39,40)/t16-,17?,18?/m0/s1. The number of carbonyl (C=O) groups is 1. The summed E-state index contributed by atoms with van der Waals surface area (Å²) < 4.78 is 85.5. The molecule has 0 amide bonds. The molecule has 3 aliphatic rings. The number of fused-ring (bicyclic) bond motifs is 2. The Hall–Kier alpha value is -4.10. The summed E-state index contributed by atoms with van der Waals surface area (Å²) >= 11 is 0. The van der Waals surface area contributed by atoms with Gasteiger partial charge in [0.15, 0.2) is 17.2 Å². The molecule has 2 aromatic heterocycles. The zero-order chi connectivity index (χ0) is 30.5. The van der Waals surface area contributed by atoms with E-state index in [-0.39, 0.29) is 46.8 Å². The fourth-order valence-electron chi connectivity index (χ4n) is 6.12. The van der Waals surface area contributed by atoms with Gasteiger partial charge in [-0.3, -0.25) is 9.78 Å². The molecule has 0 saturated heterocycles. The van der Waals surface area contributed by atoms with Crippen molar-refractivity contribution in [3.63, 3.8) is 0 Å². The summed E-state index contributed by atoms with van der Waals surface area (Å²) in [5, 5.41) is 13.4. The van der Waals surface area contributed by atoms with Gasteiger partial charge in [0.25, 0.3) is 0 Å². The maximum Gasteiger partial charge on any atom is 0.586 e. The van der Waals surface area contributed by atoms with Crippen LogP contribution in [0.3, 0.4) is 0 Å². The highest BCUT2D eigenvalue weighted by atomic mass is 19.4. The van der Waals surface area contributed by atoms with E-state index in [2.05, 4.69) is 19.6 Å². The first-order chi connectivity index (χ1) is 20.4. The van der Waals surface area contributed by atoms with E-state index in [9.17, 15) is 31.9 Å². The minimum atomic E-state index is -4.66. The topological polar surface area (TPSA) is 98.9 Å². The second-order valence-corrected chi connectivity index (χ2v) is 11.2. The van der Waals surface area contributed by atoms with Crippen LogP contribution in [-0.2, 0) is 17.4 Å². The van der Waals surface area contributed by atoms with Gasteiger partial charge >= 0.3 is 18.4 Å². The highest BCUT2D eigenvalue weighted by Crippen LogP contribution is 2.43. The number of carboxylic acid groups (broad SMARTS) is 1. The van der Waals surface area contributed by atoms with Crippen molar-refractivity contribution in [2.24, 2.45) is 11.8 Å². The largest absolute Gasteiger partial charge is 0.586 e. The molecule has 0 bridgehead atoms. The van der Waals surface area contributed by atoms with E-state index in [1.165, 1.54) is 35.3 Å². The molecule has 2 aliphatic heterocycles. The Bertz CT molecular complexity index is 1520. The van der Waals surface area contributed by atoms with Gasteiger partial charge < -0.3 is 24.2 Å². The quantitative estimate of drug-likeness (QED) is 0.308. The van der Waals surface area contributed by atoms with Crippen LogP contribution in [-0.4, -0.2) is 45.2 Å². The lowest BCUT2D eigenvalue weighted by atomic mass is 9.81. The zero-order valence-electron chi connectivity index (χ0n) is 23.1. The Morgan fingerprint density at radius 3 is 2.60 bits per heavy atom. The van der Waals surface area contributed by atoms with E-state index >= 15 is 0 Å². The van der Waals surface area contributed by atoms with E-state index in [0.29, 0.717) is 56.6 Å². The van der Waals surface area contributed by atoms with E-state index in [1.807, 2.05) is 4.90 Å². The summed E-state index contributed by atoms with van der Waals surface area (Å²) in [4.78, 5) is 17.5. The molecular weight excluding hydrogens is 579 g/mol. The maximum absolute atomic E-state index is 14.1. The average molecular weight is 609 g/mol. The number of aliphatic carboxylic acids is 1. The molecule has 14 heteroatoms. The Labute approximate surface area is 243 Å². The number of halogens is 5. The van der Waals surface area contributed by atoms with Crippen molar-refractivity contribution in [1.29, 1.82) is 0 Å². The van der Waals surface area contributed by atoms with Crippen LogP contribution in [0.5, 0.6) is 17.2 Å². The molecule has 3 aromatic rings. The SMILES string of the molecule is C[C@H](Oc1cncc(-n2nc(C(F)(F)F)c3c2N(CC2CCC(C(=O)O)CC2)CCC3)c1)c1ccc2c(c1)OC(F)(F)O2. The van der Waals surface area contributed by atoms with Crippen LogP contribution in [0.2, 0.25) is 0 Å². The highest BCUT2D eigenvalue weighted by Gasteiger charge is 2.44. The molecular formula is C29H29F5N4O5. The number of carboxylic acids is 1. The number of hydrogen-bond acceptors (Lipinski definition) is 7. The van der Waals surface area contributed by atoms with Gasteiger partial charge in [-0.1, -0.05) is 6.07 Å². The summed E-state index contributed by atoms with van der Waals surface area (Å²) in [7, 11) is 0. The molecule has 6 rings (SSSR count). The van der Waals surface area contributed by atoms with Gasteiger partial charge in [-0.15, -0.1) is 8.78 Å². The molecule has 1 aliphatic carbocycles. The Kier molecular flexibility index (Phi) is 7.33. The Morgan fingerprint density at radius 2 is 1.88 bits per heavy atom. The lowest BCUT2D eigenvalue weighted by Crippen LogP contribution is -2.37. The molecule has 1 saturated carbocycles. The van der Waals surface area contributed by atoms with Gasteiger partial charge in [-0.05, 0) is 69.1 Å². The monoisotopic (exact) mass is 608 g/mol. The van der Waals surface area contributed by atoms with Crippen molar-refractivity contribution in [3.05, 3.63) is 53.5 Å². The third-order valence-corrected chi connectivity index (χ3v) is 8.20. The molecule has 230 valence electrons. The number of pyridine rings is 1. The van der Waals surface area contributed by atoms with Crippen LogP contribution in [0, 0.1) is 11.8 Å². The first-order valence-electron chi connectivity index (χ1n) is 14.1. The van der Waals surface area contributed by atoms with Crippen LogP contribution in [0.1, 0.15) is 62.0 Å². The number of aromatic nitrogens is 3. The third-order valence-electron chi connectivity index (χ3n) is 8.20. The number of ether oxygens (including phenoxy) is 3. The number of benzene rings is 1. The average Bonchev–Trinajstić information content (AvgIpc) is 3.50. The number of hydrogen-bond donors (Lipinski definition) is 1. The molecule has 1 aromatic carbocycles. The second-order valence-electron chi connectivity index (χ2n) is 11.2. The van der Waals surface area contributed by atoms with E-state index < -0.39 is 30.2 Å². The van der Waals surface area contributed by atoms with Crippen molar-refractivity contribution in [1.82, 2.24) is 14.8 Å². The minimum Gasteiger partial charge on any atom is -0.484 e. The molecule has 1 fully saturated rings. The highest BCUT2D eigenvalue weighted by molar-refractivity contribution is 5.70. The number of anilines is 1.